The molecule has 0 bridgehead atoms. The van der Waals surface area contributed by atoms with Crippen molar-refractivity contribution in [3.8, 4) is 0 Å². The number of β-amino-alcohol motifs (C(OH)–C–C–N with tert-alkyl or cyclic N) is 1. The Bertz CT molecular complexity index is 1180. The molecule has 4 rings (SSSR count). The summed E-state index contributed by atoms with van der Waals surface area (Å²) in [6.07, 6.45) is 4.22. The van der Waals surface area contributed by atoms with Gasteiger partial charge in [-0.15, -0.1) is 0 Å². The number of hydrogen-bond acceptors (Lipinski definition) is 5. The standard InChI is InChI=1S/C25H25F3N4O2/c1-16-4-7-21(20(27)11-16)31-23-18(5-6-19(26)22(23)28)24(33)32-14-25(34,15-32)13-30-10-8-17-3-2-9-29-12-17/h2-7,9,11-12,30-31,34H,8,10,13-15H2,1H3. The van der Waals surface area contributed by atoms with Crippen molar-refractivity contribution >= 4 is 17.3 Å². The summed E-state index contributed by atoms with van der Waals surface area (Å²) in [7, 11) is 0. The fourth-order valence-electron chi connectivity index (χ4n) is 3.90. The van der Waals surface area contributed by atoms with Crippen LogP contribution in [-0.4, -0.2) is 52.7 Å². The molecule has 1 amide bonds. The zero-order valence-corrected chi connectivity index (χ0v) is 18.6. The van der Waals surface area contributed by atoms with E-state index in [2.05, 4.69) is 15.6 Å². The van der Waals surface area contributed by atoms with E-state index in [1.807, 2.05) is 12.1 Å². The van der Waals surface area contributed by atoms with Crippen molar-refractivity contribution in [2.45, 2.75) is 18.9 Å². The Morgan fingerprint density at radius 2 is 1.94 bits per heavy atom. The minimum Gasteiger partial charge on any atom is -0.385 e. The summed E-state index contributed by atoms with van der Waals surface area (Å²) in [5, 5.41) is 16.4. The van der Waals surface area contributed by atoms with E-state index in [9.17, 15) is 23.1 Å². The van der Waals surface area contributed by atoms with Crippen molar-refractivity contribution in [3.63, 3.8) is 0 Å². The van der Waals surface area contributed by atoms with Gasteiger partial charge in [-0.2, -0.15) is 0 Å². The maximum absolute atomic E-state index is 14.6. The van der Waals surface area contributed by atoms with Crippen LogP contribution in [0.4, 0.5) is 24.5 Å². The van der Waals surface area contributed by atoms with Crippen LogP contribution in [0.15, 0.2) is 54.9 Å². The van der Waals surface area contributed by atoms with Crippen LogP contribution in [0.25, 0.3) is 0 Å². The lowest BCUT2D eigenvalue weighted by Gasteiger charge is -2.46. The van der Waals surface area contributed by atoms with E-state index in [-0.39, 0.29) is 30.9 Å². The van der Waals surface area contributed by atoms with Crippen LogP contribution in [-0.2, 0) is 6.42 Å². The van der Waals surface area contributed by atoms with Crippen LogP contribution in [0, 0.1) is 24.4 Å². The molecule has 34 heavy (non-hydrogen) atoms. The molecular formula is C25H25F3N4O2. The van der Waals surface area contributed by atoms with Gasteiger partial charge in [-0.25, -0.2) is 13.2 Å². The number of hydrogen-bond donors (Lipinski definition) is 3. The maximum Gasteiger partial charge on any atom is 0.256 e. The summed E-state index contributed by atoms with van der Waals surface area (Å²) in [6.45, 7) is 2.66. The van der Waals surface area contributed by atoms with Crippen LogP contribution in [0.5, 0.6) is 0 Å². The van der Waals surface area contributed by atoms with Gasteiger partial charge in [0.15, 0.2) is 11.6 Å². The Kier molecular flexibility index (Phi) is 6.85. The number of aliphatic hydroxyl groups is 1. The highest BCUT2D eigenvalue weighted by Crippen LogP contribution is 2.31. The third-order valence-electron chi connectivity index (χ3n) is 5.73. The van der Waals surface area contributed by atoms with Crippen molar-refractivity contribution in [1.82, 2.24) is 15.2 Å². The molecule has 1 aliphatic rings. The number of carbonyl (C=O) groups is 1. The fraction of sp³-hybridized carbons (Fsp3) is 0.280. The van der Waals surface area contributed by atoms with E-state index in [1.54, 1.807) is 25.4 Å². The van der Waals surface area contributed by atoms with Gasteiger partial charge in [0.2, 0.25) is 0 Å². The number of amides is 1. The van der Waals surface area contributed by atoms with Gasteiger partial charge in [-0.3, -0.25) is 9.78 Å². The largest absolute Gasteiger partial charge is 0.385 e. The number of aryl methyl sites for hydroxylation is 1. The van der Waals surface area contributed by atoms with Gasteiger partial charge in [0.1, 0.15) is 11.4 Å². The molecule has 9 heteroatoms. The van der Waals surface area contributed by atoms with Gasteiger partial charge in [0.05, 0.1) is 30.0 Å². The fourth-order valence-corrected chi connectivity index (χ4v) is 3.90. The molecule has 0 aliphatic carbocycles. The van der Waals surface area contributed by atoms with E-state index in [4.69, 9.17) is 0 Å². The molecule has 178 valence electrons. The van der Waals surface area contributed by atoms with Gasteiger partial charge in [-0.1, -0.05) is 12.1 Å². The molecule has 1 saturated heterocycles. The second kappa shape index (κ2) is 9.82. The smallest absolute Gasteiger partial charge is 0.256 e. The lowest BCUT2D eigenvalue weighted by Crippen LogP contribution is -2.67. The summed E-state index contributed by atoms with van der Waals surface area (Å²) < 4.78 is 42.8. The molecule has 0 unspecified atom stereocenters. The number of halogens is 3. The predicted molar refractivity (Wildman–Crippen MR) is 122 cm³/mol. The molecule has 0 saturated carbocycles. The Balaban J connectivity index is 1.40. The SMILES string of the molecule is Cc1ccc(Nc2c(C(=O)N3CC(O)(CNCCc4cccnc4)C3)ccc(F)c2F)c(F)c1. The highest BCUT2D eigenvalue weighted by atomic mass is 19.2. The van der Waals surface area contributed by atoms with E-state index in [0.717, 1.165) is 24.1 Å². The monoisotopic (exact) mass is 470 g/mol. The first kappa shape index (κ1) is 23.7. The lowest BCUT2D eigenvalue weighted by atomic mass is 9.92. The third kappa shape index (κ3) is 5.21. The van der Waals surface area contributed by atoms with Crippen molar-refractivity contribution < 1.29 is 23.1 Å². The lowest BCUT2D eigenvalue weighted by molar-refractivity contribution is -0.0783. The molecule has 2 heterocycles. The molecule has 0 radical (unpaired) electrons. The summed E-state index contributed by atoms with van der Waals surface area (Å²) in [5.74, 6) is -3.69. The summed E-state index contributed by atoms with van der Waals surface area (Å²) >= 11 is 0. The quantitative estimate of drug-likeness (QED) is 0.439. The number of aromatic nitrogens is 1. The normalized spacial score (nSPS) is 14.6. The second-order valence-electron chi connectivity index (χ2n) is 8.57. The number of nitrogens with zero attached hydrogens (tertiary/aromatic N) is 2. The van der Waals surface area contributed by atoms with Crippen LogP contribution < -0.4 is 10.6 Å². The van der Waals surface area contributed by atoms with Gasteiger partial charge in [-0.05, 0) is 61.3 Å². The Morgan fingerprint density at radius 3 is 2.65 bits per heavy atom. The minimum absolute atomic E-state index is 0.0308. The number of nitrogens with one attached hydrogen (secondary N) is 2. The van der Waals surface area contributed by atoms with Crippen LogP contribution >= 0.6 is 0 Å². The molecule has 1 aliphatic heterocycles. The van der Waals surface area contributed by atoms with Crippen LogP contribution in [0.2, 0.25) is 0 Å². The minimum atomic E-state index is -1.28. The molecule has 6 nitrogen and oxygen atoms in total. The first-order valence-electron chi connectivity index (χ1n) is 10.9. The van der Waals surface area contributed by atoms with E-state index >= 15 is 0 Å². The zero-order valence-electron chi connectivity index (χ0n) is 18.6. The molecule has 3 aromatic rings. The molecule has 1 fully saturated rings. The molecule has 0 atom stereocenters. The van der Waals surface area contributed by atoms with Crippen molar-refractivity contribution in [2.75, 3.05) is 31.5 Å². The topological polar surface area (TPSA) is 77.5 Å². The van der Waals surface area contributed by atoms with Gasteiger partial charge < -0.3 is 20.6 Å². The van der Waals surface area contributed by atoms with Crippen molar-refractivity contribution in [3.05, 3.63) is 89.0 Å². The molecule has 0 spiro atoms. The van der Waals surface area contributed by atoms with Crippen LogP contribution in [0.3, 0.4) is 0 Å². The average molecular weight is 470 g/mol. The van der Waals surface area contributed by atoms with E-state index in [0.29, 0.717) is 12.1 Å². The number of anilines is 2. The first-order valence-corrected chi connectivity index (χ1v) is 10.9. The van der Waals surface area contributed by atoms with E-state index < -0.39 is 34.6 Å². The molecule has 2 aromatic carbocycles. The summed E-state index contributed by atoms with van der Waals surface area (Å²) in [5.41, 5.74) is -0.0751. The predicted octanol–water partition coefficient (Wildman–Crippen LogP) is 3.57. The van der Waals surface area contributed by atoms with Gasteiger partial charge in [0, 0.05) is 18.9 Å². The molecule has 1 aromatic heterocycles. The molecular weight excluding hydrogens is 445 g/mol. The van der Waals surface area contributed by atoms with Gasteiger partial charge >= 0.3 is 0 Å². The summed E-state index contributed by atoms with van der Waals surface area (Å²) in [4.78, 5) is 18.4. The number of rotatable bonds is 8. The first-order chi connectivity index (χ1) is 16.3. The van der Waals surface area contributed by atoms with Crippen molar-refractivity contribution in [1.29, 1.82) is 0 Å². The number of benzene rings is 2. The third-order valence-corrected chi connectivity index (χ3v) is 5.73. The Hall–Kier alpha value is -3.43. The Morgan fingerprint density at radius 1 is 1.15 bits per heavy atom. The maximum atomic E-state index is 14.6. The highest BCUT2D eigenvalue weighted by Gasteiger charge is 2.44. The van der Waals surface area contributed by atoms with Crippen molar-refractivity contribution in [2.24, 2.45) is 0 Å². The number of pyridine rings is 1. The zero-order chi connectivity index (χ0) is 24.3. The Labute approximate surface area is 195 Å². The van der Waals surface area contributed by atoms with Gasteiger partial charge in [0.25, 0.3) is 5.91 Å². The number of carbonyl (C=O) groups excluding carboxylic acids is 1. The average Bonchev–Trinajstić information content (AvgIpc) is 2.80. The van der Waals surface area contributed by atoms with Crippen LogP contribution in [0.1, 0.15) is 21.5 Å². The van der Waals surface area contributed by atoms with E-state index in [1.165, 1.54) is 17.0 Å². The molecule has 3 N–H and O–H groups in total. The second-order valence-corrected chi connectivity index (χ2v) is 8.57. The number of likely N-dealkylation sites (tertiary alicyclic amines) is 1. The highest BCUT2D eigenvalue weighted by molar-refractivity contribution is 6.01. The summed E-state index contributed by atoms with van der Waals surface area (Å²) in [6, 6.07) is 10.1.